The van der Waals surface area contributed by atoms with Gasteiger partial charge in [-0.25, -0.2) is 0 Å². The van der Waals surface area contributed by atoms with Crippen molar-refractivity contribution in [2.24, 2.45) is 5.41 Å². The van der Waals surface area contributed by atoms with Gasteiger partial charge in [-0.2, -0.15) is 0 Å². The molecule has 0 N–H and O–H groups in total. The summed E-state index contributed by atoms with van der Waals surface area (Å²) in [5.74, 6) is -0.983. The second kappa shape index (κ2) is 13.7. The van der Waals surface area contributed by atoms with Crippen LogP contribution >= 0.6 is 0 Å². The summed E-state index contributed by atoms with van der Waals surface area (Å²) < 4.78 is 39.4. The van der Waals surface area contributed by atoms with Crippen LogP contribution in [0.4, 0.5) is 4.39 Å². The number of nitrogens with zero attached hydrogens (tertiary/aromatic N) is 2. The maximum absolute atomic E-state index is 13.2. The molecule has 0 bridgehead atoms. The van der Waals surface area contributed by atoms with Crippen molar-refractivity contribution in [3.63, 3.8) is 0 Å². The van der Waals surface area contributed by atoms with Gasteiger partial charge in [0.15, 0.2) is 0 Å². The summed E-state index contributed by atoms with van der Waals surface area (Å²) in [7, 11) is 0. The van der Waals surface area contributed by atoms with Crippen molar-refractivity contribution >= 4 is 0 Å². The summed E-state index contributed by atoms with van der Waals surface area (Å²) >= 11 is 0. The molecular formula is C36H33FIrN2-2. The van der Waals surface area contributed by atoms with Gasteiger partial charge in [-0.15, -0.1) is 60.2 Å². The van der Waals surface area contributed by atoms with Crippen LogP contribution in [0, 0.1) is 23.4 Å². The Labute approximate surface area is 255 Å². The number of pyridine rings is 2. The van der Waals surface area contributed by atoms with Crippen molar-refractivity contribution in [2.45, 2.75) is 45.4 Å². The molecular weight excluding hydrogens is 672 g/mol. The second-order valence-electron chi connectivity index (χ2n) is 10.5. The summed E-state index contributed by atoms with van der Waals surface area (Å²) in [6.07, 6.45) is 6.91. The first kappa shape index (κ1) is 25.5. The molecule has 0 unspecified atom stereocenters. The van der Waals surface area contributed by atoms with Crippen LogP contribution in [0.25, 0.3) is 33.6 Å². The zero-order valence-electron chi connectivity index (χ0n) is 25.7. The Morgan fingerprint density at radius 2 is 1.55 bits per heavy atom. The molecule has 5 aromatic rings. The summed E-state index contributed by atoms with van der Waals surface area (Å²) in [4.78, 5) is 8.46. The van der Waals surface area contributed by atoms with Gasteiger partial charge in [0.25, 0.3) is 0 Å². The Hall–Kier alpha value is -3.46. The molecule has 2 nitrogen and oxygen atoms in total. The molecule has 0 saturated heterocycles. The van der Waals surface area contributed by atoms with Crippen molar-refractivity contribution in [2.75, 3.05) is 0 Å². The number of halogens is 1. The van der Waals surface area contributed by atoms with E-state index in [9.17, 15) is 4.39 Å². The summed E-state index contributed by atoms with van der Waals surface area (Å²) in [5.41, 5.74) is 5.17. The fourth-order valence-electron chi connectivity index (χ4n) is 4.68. The van der Waals surface area contributed by atoms with Crippen LogP contribution in [0.15, 0.2) is 109 Å². The van der Waals surface area contributed by atoms with Crippen LogP contribution in [-0.4, -0.2) is 9.97 Å². The molecule has 1 saturated carbocycles. The molecule has 0 spiro atoms. The first-order valence-corrected chi connectivity index (χ1v) is 13.3. The molecule has 1 radical (unpaired) electrons. The number of rotatable bonds is 4. The van der Waals surface area contributed by atoms with Crippen LogP contribution in [0.3, 0.4) is 0 Å². The van der Waals surface area contributed by atoms with Crippen LogP contribution in [0.5, 0.6) is 0 Å². The minimum atomic E-state index is -0.692. The van der Waals surface area contributed by atoms with Crippen molar-refractivity contribution < 1.29 is 28.6 Å². The predicted molar refractivity (Wildman–Crippen MR) is 157 cm³/mol. The van der Waals surface area contributed by atoms with E-state index in [1.54, 1.807) is 48.8 Å². The van der Waals surface area contributed by atoms with Gasteiger partial charge in [-0.1, -0.05) is 61.8 Å². The molecule has 40 heavy (non-hydrogen) atoms. The van der Waals surface area contributed by atoms with E-state index in [2.05, 4.69) is 35.9 Å². The van der Waals surface area contributed by atoms with Gasteiger partial charge in [0.05, 0.1) is 2.74 Å². The van der Waals surface area contributed by atoms with E-state index in [1.807, 2.05) is 42.5 Å². The standard InChI is InChI=1S/C25H26N.C11H7FN.Ir/c1-25(2)15-12-21(13-16-25)19-8-10-20(11-9-19)23-14-17-26-24(18-23)22-6-4-3-5-7-22;12-10-6-2-1-5-9(10)11-7-3-4-8-13-11;/h3-6,8-11,14,17-18,21H,12-13,15-16H2,1-2H3;1-4,6-8H;/q2*-1;/i10D,11D,21D;;. The number of hydrogen-bond acceptors (Lipinski definition) is 2. The molecule has 3 aromatic carbocycles. The van der Waals surface area contributed by atoms with Gasteiger partial charge in [0.2, 0.25) is 0 Å². The molecule has 0 aliphatic heterocycles. The third-order valence-corrected chi connectivity index (χ3v) is 7.12. The van der Waals surface area contributed by atoms with Gasteiger partial charge >= 0.3 is 0 Å². The molecule has 1 fully saturated rings. The number of benzene rings is 3. The zero-order chi connectivity index (χ0) is 29.7. The maximum Gasteiger partial charge on any atom is 0.0629 e. The first-order chi connectivity index (χ1) is 20.2. The molecule has 1 aliphatic carbocycles. The molecule has 205 valence electrons. The van der Waals surface area contributed by atoms with Gasteiger partial charge in [0, 0.05) is 39.7 Å². The van der Waals surface area contributed by atoms with Gasteiger partial charge in [-0.3, -0.25) is 4.39 Å². The molecule has 2 aromatic heterocycles. The van der Waals surface area contributed by atoms with E-state index in [0.29, 0.717) is 28.9 Å². The largest absolute Gasteiger partial charge is 0.305 e. The third-order valence-electron chi connectivity index (χ3n) is 7.12. The SMILES string of the molecule is Fc1ccc[c-]c1-c1ccccn1.[2H]c1cc(C2([2H])CCC(C)(C)CC2)cc([2H])c1-c1ccnc(-c2[c-]cccc2)c1.[Ir]. The topological polar surface area (TPSA) is 25.8 Å². The van der Waals surface area contributed by atoms with Crippen molar-refractivity contribution in [3.05, 3.63) is 133 Å². The van der Waals surface area contributed by atoms with E-state index in [4.69, 9.17) is 4.11 Å². The van der Waals surface area contributed by atoms with Crippen molar-refractivity contribution in [3.8, 4) is 33.6 Å². The monoisotopic (exact) mass is 708 g/mol. The molecule has 0 amide bonds. The molecule has 0 atom stereocenters. The Morgan fingerprint density at radius 3 is 2.23 bits per heavy atom. The van der Waals surface area contributed by atoms with E-state index in [1.165, 1.54) is 6.07 Å². The minimum absolute atomic E-state index is 0. The van der Waals surface area contributed by atoms with Gasteiger partial charge < -0.3 is 9.97 Å². The normalized spacial score (nSPS) is 16.2. The Morgan fingerprint density at radius 1 is 0.825 bits per heavy atom. The van der Waals surface area contributed by atoms with E-state index >= 15 is 0 Å². The first-order valence-electron chi connectivity index (χ1n) is 14.8. The molecule has 4 heteroatoms. The molecule has 2 heterocycles. The number of hydrogen-bond donors (Lipinski definition) is 0. The average Bonchev–Trinajstić information content (AvgIpc) is 3.00. The summed E-state index contributed by atoms with van der Waals surface area (Å²) in [6.45, 7) is 4.51. The smallest absolute Gasteiger partial charge is 0.0629 e. The Kier molecular flexibility index (Phi) is 8.76. The van der Waals surface area contributed by atoms with Gasteiger partial charge in [0.1, 0.15) is 0 Å². The van der Waals surface area contributed by atoms with Crippen LogP contribution in [-0.2, 0) is 20.1 Å². The van der Waals surface area contributed by atoms with Gasteiger partial charge in [-0.05, 0) is 77.2 Å². The predicted octanol–water partition coefficient (Wildman–Crippen LogP) is 9.58. The summed E-state index contributed by atoms with van der Waals surface area (Å²) in [6, 6.07) is 31.7. The van der Waals surface area contributed by atoms with Crippen LogP contribution < -0.4 is 0 Å². The van der Waals surface area contributed by atoms with E-state index in [-0.39, 0.29) is 31.3 Å². The van der Waals surface area contributed by atoms with Crippen LogP contribution in [0.2, 0.25) is 0 Å². The van der Waals surface area contributed by atoms with E-state index in [0.717, 1.165) is 48.1 Å². The third kappa shape index (κ3) is 7.59. The number of aromatic nitrogens is 2. The van der Waals surface area contributed by atoms with Crippen molar-refractivity contribution in [1.29, 1.82) is 0 Å². The molecule has 1 aliphatic rings. The second-order valence-corrected chi connectivity index (χ2v) is 10.5. The average molecular weight is 708 g/mol. The summed E-state index contributed by atoms with van der Waals surface area (Å²) in [5, 5.41) is 0. The Bertz CT molecular complexity index is 1630. The maximum atomic E-state index is 13.2. The van der Waals surface area contributed by atoms with Crippen LogP contribution in [0.1, 0.15) is 55.1 Å². The fraction of sp³-hybridized carbons (Fsp3) is 0.222. The molecule has 6 rings (SSSR count). The fourth-order valence-corrected chi connectivity index (χ4v) is 4.68. The Balaban J connectivity index is 0.000000253. The van der Waals surface area contributed by atoms with E-state index < -0.39 is 5.89 Å². The minimum Gasteiger partial charge on any atom is -0.305 e. The quantitative estimate of drug-likeness (QED) is 0.174. The zero-order valence-corrected chi connectivity index (χ0v) is 25.1. The van der Waals surface area contributed by atoms with Crippen molar-refractivity contribution in [1.82, 2.24) is 9.97 Å².